The van der Waals surface area contributed by atoms with Gasteiger partial charge in [0.1, 0.15) is 5.75 Å². The van der Waals surface area contributed by atoms with Crippen LogP contribution in [0, 0.1) is 0 Å². The molecular weight excluding hydrogens is 328 g/mol. The van der Waals surface area contributed by atoms with Crippen LogP contribution in [-0.4, -0.2) is 25.5 Å². The Hall–Kier alpha value is -2.82. The highest BCUT2D eigenvalue weighted by atomic mass is 16.5. The first-order chi connectivity index (χ1) is 12.7. The maximum absolute atomic E-state index is 12.4. The van der Waals surface area contributed by atoms with Gasteiger partial charge in [0.15, 0.2) is 0 Å². The summed E-state index contributed by atoms with van der Waals surface area (Å²) in [5.41, 5.74) is 1.85. The van der Waals surface area contributed by atoms with E-state index in [0.717, 1.165) is 30.6 Å². The van der Waals surface area contributed by atoms with E-state index in [1.807, 2.05) is 24.3 Å². The topological polar surface area (TPSA) is 67.4 Å². The number of nitrogens with one attached hydrogen (secondary N) is 2. The van der Waals surface area contributed by atoms with Gasteiger partial charge in [0.2, 0.25) is 0 Å². The largest absolute Gasteiger partial charge is 0.496 e. The molecule has 0 aliphatic carbocycles. The van der Waals surface area contributed by atoms with Crippen LogP contribution in [0.15, 0.2) is 48.5 Å². The summed E-state index contributed by atoms with van der Waals surface area (Å²) in [6.45, 7) is 3.13. The van der Waals surface area contributed by atoms with E-state index in [1.54, 1.807) is 31.4 Å². The molecule has 0 aromatic heterocycles. The molecule has 0 saturated heterocycles. The summed E-state index contributed by atoms with van der Waals surface area (Å²) in [5.74, 6) is 0.352. The number of unbranched alkanes of at least 4 members (excludes halogenated alkanes) is 2. The average molecular weight is 354 g/mol. The lowest BCUT2D eigenvalue weighted by Gasteiger charge is -2.10. The Morgan fingerprint density at radius 1 is 0.923 bits per heavy atom. The molecule has 5 heteroatoms. The molecule has 0 fully saturated rings. The Kier molecular flexibility index (Phi) is 7.68. The molecule has 0 saturated carbocycles. The molecule has 26 heavy (non-hydrogen) atoms. The first-order valence-corrected chi connectivity index (χ1v) is 8.94. The summed E-state index contributed by atoms with van der Waals surface area (Å²) < 4.78 is 5.28. The molecular formula is C21H26N2O3. The van der Waals surface area contributed by atoms with E-state index in [4.69, 9.17) is 4.74 Å². The molecule has 2 aromatic rings. The van der Waals surface area contributed by atoms with Gasteiger partial charge in [0, 0.05) is 29.8 Å². The molecule has 0 atom stereocenters. The van der Waals surface area contributed by atoms with Gasteiger partial charge in [-0.2, -0.15) is 0 Å². The number of benzene rings is 2. The third-order valence-electron chi connectivity index (χ3n) is 4.08. The number of para-hydroxylation sites is 1. The van der Waals surface area contributed by atoms with Gasteiger partial charge in [0.25, 0.3) is 11.8 Å². The van der Waals surface area contributed by atoms with Crippen molar-refractivity contribution in [1.82, 2.24) is 10.6 Å². The highest BCUT2D eigenvalue weighted by Crippen LogP contribution is 2.17. The summed E-state index contributed by atoms with van der Waals surface area (Å²) in [6.07, 6.45) is 3.16. The van der Waals surface area contributed by atoms with Crippen LogP contribution in [0.5, 0.6) is 5.75 Å². The monoisotopic (exact) mass is 354 g/mol. The van der Waals surface area contributed by atoms with Gasteiger partial charge in [-0.15, -0.1) is 0 Å². The minimum absolute atomic E-state index is 0.152. The zero-order chi connectivity index (χ0) is 18.8. The van der Waals surface area contributed by atoms with Crippen molar-refractivity contribution >= 4 is 11.8 Å². The summed E-state index contributed by atoms with van der Waals surface area (Å²) in [4.78, 5) is 24.6. The molecule has 2 N–H and O–H groups in total. The Balaban J connectivity index is 1.96. The van der Waals surface area contributed by atoms with Crippen LogP contribution in [0.4, 0.5) is 0 Å². The van der Waals surface area contributed by atoms with Crippen molar-refractivity contribution < 1.29 is 14.3 Å². The number of methoxy groups -OCH3 is 1. The van der Waals surface area contributed by atoms with Crippen LogP contribution in [0.3, 0.4) is 0 Å². The Labute approximate surface area is 154 Å². The van der Waals surface area contributed by atoms with Crippen LogP contribution in [0.25, 0.3) is 0 Å². The van der Waals surface area contributed by atoms with Gasteiger partial charge >= 0.3 is 0 Å². The number of hydrogen-bond acceptors (Lipinski definition) is 3. The second kappa shape index (κ2) is 10.2. The molecule has 2 amide bonds. The second-order valence-corrected chi connectivity index (χ2v) is 6.04. The second-order valence-electron chi connectivity index (χ2n) is 6.04. The number of ether oxygens (including phenoxy) is 1. The van der Waals surface area contributed by atoms with E-state index in [2.05, 4.69) is 17.6 Å². The molecule has 0 aliphatic rings. The molecule has 0 heterocycles. The molecule has 0 aliphatic heterocycles. The molecule has 2 rings (SSSR count). The van der Waals surface area contributed by atoms with E-state index in [1.165, 1.54) is 0 Å². The van der Waals surface area contributed by atoms with Crippen molar-refractivity contribution in [3.05, 3.63) is 65.2 Å². The summed E-state index contributed by atoms with van der Waals surface area (Å²) in [5, 5.41) is 5.75. The average Bonchev–Trinajstić information content (AvgIpc) is 2.69. The van der Waals surface area contributed by atoms with Crippen molar-refractivity contribution in [2.24, 2.45) is 0 Å². The van der Waals surface area contributed by atoms with Crippen LogP contribution >= 0.6 is 0 Å². The normalized spacial score (nSPS) is 10.2. The summed E-state index contributed by atoms with van der Waals surface area (Å²) in [7, 11) is 1.60. The SMILES string of the molecule is CCCCCNC(=O)c1cccc(C(=O)NCc2ccccc2OC)c1. The van der Waals surface area contributed by atoms with E-state index >= 15 is 0 Å². The predicted molar refractivity (Wildman–Crippen MR) is 102 cm³/mol. The Morgan fingerprint density at radius 3 is 2.31 bits per heavy atom. The molecule has 0 unspecified atom stereocenters. The van der Waals surface area contributed by atoms with E-state index in [0.29, 0.717) is 24.2 Å². The molecule has 5 nitrogen and oxygen atoms in total. The molecule has 138 valence electrons. The summed E-state index contributed by atoms with van der Waals surface area (Å²) in [6, 6.07) is 14.3. The van der Waals surface area contributed by atoms with E-state index in [9.17, 15) is 9.59 Å². The van der Waals surface area contributed by atoms with E-state index < -0.39 is 0 Å². The fourth-order valence-corrected chi connectivity index (χ4v) is 2.61. The fraction of sp³-hybridized carbons (Fsp3) is 0.333. The van der Waals surface area contributed by atoms with Crippen LogP contribution in [-0.2, 0) is 6.54 Å². The lowest BCUT2D eigenvalue weighted by molar-refractivity contribution is 0.0950. The molecule has 0 radical (unpaired) electrons. The predicted octanol–water partition coefficient (Wildman–Crippen LogP) is 3.55. The highest BCUT2D eigenvalue weighted by Gasteiger charge is 2.11. The van der Waals surface area contributed by atoms with Crippen molar-refractivity contribution in [3.63, 3.8) is 0 Å². The first kappa shape index (κ1) is 19.5. The lowest BCUT2D eigenvalue weighted by atomic mass is 10.1. The van der Waals surface area contributed by atoms with Crippen molar-refractivity contribution in [2.45, 2.75) is 32.7 Å². The van der Waals surface area contributed by atoms with Crippen LogP contribution in [0.2, 0.25) is 0 Å². The Morgan fingerprint density at radius 2 is 1.62 bits per heavy atom. The molecule has 2 aromatic carbocycles. The van der Waals surface area contributed by atoms with Crippen molar-refractivity contribution in [2.75, 3.05) is 13.7 Å². The third kappa shape index (κ3) is 5.62. The number of hydrogen-bond donors (Lipinski definition) is 2. The van der Waals surface area contributed by atoms with Gasteiger partial charge in [-0.25, -0.2) is 0 Å². The maximum Gasteiger partial charge on any atom is 0.251 e. The zero-order valence-electron chi connectivity index (χ0n) is 15.4. The molecule has 0 bridgehead atoms. The van der Waals surface area contributed by atoms with Gasteiger partial charge in [-0.1, -0.05) is 44.0 Å². The van der Waals surface area contributed by atoms with Gasteiger partial charge in [0.05, 0.1) is 7.11 Å². The Bertz CT molecular complexity index is 744. The van der Waals surface area contributed by atoms with Crippen LogP contribution in [0.1, 0.15) is 52.5 Å². The minimum Gasteiger partial charge on any atom is -0.496 e. The number of rotatable bonds is 9. The van der Waals surface area contributed by atoms with Gasteiger partial charge < -0.3 is 15.4 Å². The van der Waals surface area contributed by atoms with Crippen molar-refractivity contribution in [1.29, 1.82) is 0 Å². The number of carbonyl (C=O) groups is 2. The third-order valence-corrected chi connectivity index (χ3v) is 4.08. The van der Waals surface area contributed by atoms with Gasteiger partial charge in [-0.3, -0.25) is 9.59 Å². The standard InChI is InChI=1S/C21H26N2O3/c1-3-4-7-13-22-20(24)16-10-8-11-17(14-16)21(25)23-15-18-9-5-6-12-19(18)26-2/h5-6,8-12,14H,3-4,7,13,15H2,1-2H3,(H,22,24)(H,23,25). The quantitative estimate of drug-likeness (QED) is 0.677. The van der Waals surface area contributed by atoms with E-state index in [-0.39, 0.29) is 11.8 Å². The minimum atomic E-state index is -0.225. The fourth-order valence-electron chi connectivity index (χ4n) is 2.61. The first-order valence-electron chi connectivity index (χ1n) is 8.94. The summed E-state index contributed by atoms with van der Waals surface area (Å²) >= 11 is 0. The number of amides is 2. The lowest BCUT2D eigenvalue weighted by Crippen LogP contribution is -2.26. The smallest absolute Gasteiger partial charge is 0.251 e. The van der Waals surface area contributed by atoms with Crippen molar-refractivity contribution in [3.8, 4) is 5.75 Å². The number of carbonyl (C=O) groups excluding carboxylic acids is 2. The zero-order valence-corrected chi connectivity index (χ0v) is 15.4. The molecule has 0 spiro atoms. The van der Waals surface area contributed by atoms with Gasteiger partial charge in [-0.05, 0) is 30.7 Å². The maximum atomic E-state index is 12.4. The van der Waals surface area contributed by atoms with Crippen LogP contribution < -0.4 is 15.4 Å². The highest BCUT2D eigenvalue weighted by molar-refractivity contribution is 5.99.